The minimum Gasteiger partial charge on any atom is -0.361 e. The molecule has 220 valence electrons. The molecule has 3 N–H and O–H groups in total. The van der Waals surface area contributed by atoms with Crippen molar-refractivity contribution in [1.29, 1.82) is 0 Å². The lowest BCUT2D eigenvalue weighted by molar-refractivity contribution is -0.121. The largest absolute Gasteiger partial charge is 0.361 e. The molecule has 2 aromatic heterocycles. The fraction of sp³-hybridized carbons (Fsp3) is 0.324. The van der Waals surface area contributed by atoms with Crippen molar-refractivity contribution in [2.24, 2.45) is 0 Å². The summed E-state index contributed by atoms with van der Waals surface area (Å²) in [6.07, 6.45) is 5.43. The van der Waals surface area contributed by atoms with Crippen LogP contribution in [0.5, 0.6) is 0 Å². The van der Waals surface area contributed by atoms with Crippen molar-refractivity contribution in [3.63, 3.8) is 0 Å². The molecule has 1 saturated heterocycles. The van der Waals surface area contributed by atoms with E-state index in [0.717, 1.165) is 51.6 Å². The third-order valence-electron chi connectivity index (χ3n) is 9.20. The van der Waals surface area contributed by atoms with Crippen molar-refractivity contribution in [3.8, 4) is 0 Å². The highest BCUT2D eigenvalue weighted by atomic mass is 16.2. The summed E-state index contributed by atoms with van der Waals surface area (Å²) in [4.78, 5) is 50.8. The molecule has 2 aliphatic rings. The van der Waals surface area contributed by atoms with Gasteiger partial charge in [-0.1, -0.05) is 48.5 Å². The molecule has 0 bridgehead atoms. The number of likely N-dealkylation sites (tertiary alicyclic amines) is 1. The van der Waals surface area contributed by atoms with Crippen LogP contribution >= 0.6 is 0 Å². The maximum absolute atomic E-state index is 14.4. The van der Waals surface area contributed by atoms with Gasteiger partial charge in [-0.3, -0.25) is 9.36 Å². The van der Waals surface area contributed by atoms with Gasteiger partial charge in [-0.25, -0.2) is 9.59 Å². The Kier molecular flexibility index (Phi) is 7.01. The minimum absolute atomic E-state index is 0.00190. The summed E-state index contributed by atoms with van der Waals surface area (Å²) in [6.45, 7) is 3.08. The number of aromatic amines is 2. The van der Waals surface area contributed by atoms with Crippen LogP contribution in [-0.4, -0.2) is 56.5 Å². The van der Waals surface area contributed by atoms with Gasteiger partial charge in [0.05, 0.1) is 11.0 Å². The van der Waals surface area contributed by atoms with E-state index in [-0.39, 0.29) is 29.7 Å². The SMILES string of the molecule is CC1CCc2ccccc2N1C(=O)[C@@H](Cc1c[nH]c2ccccc12)NC(=O)N1CCC(n2c(=O)[nH]c3ccccc32)CC1. The third-order valence-corrected chi connectivity index (χ3v) is 9.20. The second-order valence-corrected chi connectivity index (χ2v) is 11.8. The monoisotopic (exact) mass is 576 g/mol. The Labute approximate surface area is 249 Å². The highest BCUT2D eigenvalue weighted by Gasteiger charge is 2.35. The molecule has 9 nitrogen and oxygen atoms in total. The number of hydrogen-bond donors (Lipinski definition) is 3. The number of H-pyrrole nitrogens is 2. The number of nitrogens with zero attached hydrogens (tertiary/aromatic N) is 3. The number of carbonyl (C=O) groups excluding carboxylic acids is 2. The number of anilines is 1. The molecule has 2 atom stereocenters. The fourth-order valence-electron chi connectivity index (χ4n) is 6.92. The van der Waals surface area contributed by atoms with Crippen LogP contribution in [0.2, 0.25) is 0 Å². The molecule has 3 aromatic carbocycles. The molecular formula is C34H36N6O3. The van der Waals surface area contributed by atoms with Crippen LogP contribution in [0.25, 0.3) is 21.9 Å². The molecule has 7 rings (SSSR count). The Bertz CT molecular complexity index is 1860. The molecule has 43 heavy (non-hydrogen) atoms. The highest BCUT2D eigenvalue weighted by molar-refractivity contribution is 6.01. The number of rotatable bonds is 5. The number of para-hydroxylation sites is 4. The maximum atomic E-state index is 14.4. The van der Waals surface area contributed by atoms with Gasteiger partial charge in [0.25, 0.3) is 0 Å². The smallest absolute Gasteiger partial charge is 0.326 e. The maximum Gasteiger partial charge on any atom is 0.326 e. The molecule has 2 aliphatic heterocycles. The second-order valence-electron chi connectivity index (χ2n) is 11.8. The van der Waals surface area contributed by atoms with Gasteiger partial charge in [-0.2, -0.15) is 0 Å². The van der Waals surface area contributed by atoms with Gasteiger partial charge in [0.1, 0.15) is 6.04 Å². The number of carbonyl (C=O) groups is 2. The van der Waals surface area contributed by atoms with E-state index in [1.165, 1.54) is 0 Å². The first-order chi connectivity index (χ1) is 21.0. The van der Waals surface area contributed by atoms with Crippen LogP contribution in [0.15, 0.2) is 83.8 Å². The first kappa shape index (κ1) is 27.1. The van der Waals surface area contributed by atoms with E-state index in [1.807, 2.05) is 82.4 Å². The number of fused-ring (bicyclic) bond motifs is 3. The van der Waals surface area contributed by atoms with Gasteiger partial charge in [-0.15, -0.1) is 0 Å². The summed E-state index contributed by atoms with van der Waals surface area (Å²) >= 11 is 0. The molecule has 3 amide bonds. The summed E-state index contributed by atoms with van der Waals surface area (Å²) in [5.41, 5.74) is 5.65. The Morgan fingerprint density at radius 3 is 2.49 bits per heavy atom. The zero-order valence-corrected chi connectivity index (χ0v) is 24.3. The van der Waals surface area contributed by atoms with Crippen LogP contribution in [-0.2, 0) is 17.6 Å². The second kappa shape index (κ2) is 11.1. The normalized spacial score (nSPS) is 18.1. The summed E-state index contributed by atoms with van der Waals surface area (Å²) < 4.78 is 1.82. The van der Waals surface area contributed by atoms with E-state index in [0.29, 0.717) is 32.4 Å². The quantitative estimate of drug-likeness (QED) is 0.270. The Hall–Kier alpha value is -4.79. The van der Waals surface area contributed by atoms with Crippen molar-refractivity contribution in [2.75, 3.05) is 18.0 Å². The zero-order valence-electron chi connectivity index (χ0n) is 24.3. The lowest BCUT2D eigenvalue weighted by Crippen LogP contribution is -2.56. The van der Waals surface area contributed by atoms with Crippen LogP contribution in [0.1, 0.15) is 43.4 Å². The average Bonchev–Trinajstić information content (AvgIpc) is 3.60. The number of amides is 3. The summed E-state index contributed by atoms with van der Waals surface area (Å²) in [7, 11) is 0. The topological polar surface area (TPSA) is 106 Å². The Morgan fingerprint density at radius 2 is 1.65 bits per heavy atom. The molecule has 1 fully saturated rings. The molecule has 4 heterocycles. The number of hydrogen-bond acceptors (Lipinski definition) is 3. The molecule has 0 radical (unpaired) electrons. The Morgan fingerprint density at radius 1 is 0.930 bits per heavy atom. The van der Waals surface area contributed by atoms with Crippen molar-refractivity contribution in [2.45, 2.75) is 57.2 Å². The number of benzene rings is 3. The Balaban J connectivity index is 1.13. The average molecular weight is 577 g/mol. The fourth-order valence-corrected chi connectivity index (χ4v) is 6.92. The third kappa shape index (κ3) is 4.98. The molecule has 0 aliphatic carbocycles. The predicted octanol–water partition coefficient (Wildman–Crippen LogP) is 5.14. The molecule has 9 heteroatoms. The highest BCUT2D eigenvalue weighted by Crippen LogP contribution is 2.32. The summed E-state index contributed by atoms with van der Waals surface area (Å²) in [5, 5.41) is 4.18. The van der Waals surface area contributed by atoms with E-state index in [4.69, 9.17) is 0 Å². The number of piperidine rings is 1. The van der Waals surface area contributed by atoms with Gasteiger partial charge in [0.2, 0.25) is 5.91 Å². The number of aryl methyl sites for hydroxylation is 1. The predicted molar refractivity (Wildman–Crippen MR) is 168 cm³/mol. The van der Waals surface area contributed by atoms with Gasteiger partial charge < -0.3 is 25.1 Å². The standard InChI is InChI=1S/C34H36N6O3/c1-22-14-15-23-8-2-6-12-30(23)39(22)32(41)29(20-24-21-35-27-10-4-3-9-26(24)27)37-33(42)38-18-16-25(17-19-38)40-31-13-7-5-11-28(31)36-34(40)43/h2-13,21-22,25,29,35H,14-20H2,1H3,(H,36,43)(H,37,42)/t22?,29-/m1/s1. The number of aromatic nitrogens is 3. The number of imidazole rings is 1. The first-order valence-electron chi connectivity index (χ1n) is 15.2. The van der Waals surface area contributed by atoms with E-state index < -0.39 is 6.04 Å². The summed E-state index contributed by atoms with van der Waals surface area (Å²) in [6, 6.07) is 22.8. The molecule has 1 unspecified atom stereocenters. The van der Waals surface area contributed by atoms with Gasteiger partial charge in [0, 0.05) is 54.4 Å². The first-order valence-corrected chi connectivity index (χ1v) is 15.2. The van der Waals surface area contributed by atoms with Crippen molar-refractivity contribution < 1.29 is 9.59 Å². The number of nitrogens with one attached hydrogen (secondary N) is 3. The minimum atomic E-state index is -0.741. The van der Waals surface area contributed by atoms with Crippen molar-refractivity contribution in [3.05, 3.63) is 101 Å². The van der Waals surface area contributed by atoms with Crippen molar-refractivity contribution in [1.82, 2.24) is 24.8 Å². The van der Waals surface area contributed by atoms with Crippen LogP contribution in [0.4, 0.5) is 10.5 Å². The van der Waals surface area contributed by atoms with E-state index in [1.54, 1.807) is 4.90 Å². The molecule has 0 spiro atoms. The van der Waals surface area contributed by atoms with E-state index in [9.17, 15) is 14.4 Å². The molecule has 5 aromatic rings. The van der Waals surface area contributed by atoms with Gasteiger partial charge in [0.15, 0.2) is 0 Å². The van der Waals surface area contributed by atoms with Gasteiger partial charge in [-0.05, 0) is 68.0 Å². The zero-order chi connectivity index (χ0) is 29.5. The van der Waals surface area contributed by atoms with E-state index >= 15 is 0 Å². The lowest BCUT2D eigenvalue weighted by Gasteiger charge is -2.38. The van der Waals surface area contributed by atoms with E-state index in [2.05, 4.69) is 28.3 Å². The van der Waals surface area contributed by atoms with Gasteiger partial charge >= 0.3 is 11.7 Å². The number of urea groups is 1. The molecule has 0 saturated carbocycles. The van der Waals surface area contributed by atoms with Crippen LogP contribution in [0, 0.1) is 0 Å². The van der Waals surface area contributed by atoms with Crippen LogP contribution < -0.4 is 15.9 Å². The summed E-state index contributed by atoms with van der Waals surface area (Å²) in [5.74, 6) is -0.0986. The molecular weight excluding hydrogens is 540 g/mol. The van der Waals surface area contributed by atoms with Crippen LogP contribution in [0.3, 0.4) is 0 Å². The lowest BCUT2D eigenvalue weighted by atomic mass is 9.94. The van der Waals surface area contributed by atoms with Crippen molar-refractivity contribution >= 4 is 39.6 Å².